The third-order valence-corrected chi connectivity index (χ3v) is 2.62. The van der Waals surface area contributed by atoms with Gasteiger partial charge in [0.2, 0.25) is 0 Å². The summed E-state index contributed by atoms with van der Waals surface area (Å²) in [6.45, 7) is 0. The van der Waals surface area contributed by atoms with Crippen LogP contribution in [0.3, 0.4) is 0 Å². The molecule has 6 nitrogen and oxygen atoms in total. The van der Waals surface area contributed by atoms with Gasteiger partial charge in [-0.05, 0) is 15.9 Å². The van der Waals surface area contributed by atoms with Crippen molar-refractivity contribution < 1.29 is 27.9 Å². The third kappa shape index (κ3) is 3.72. The summed E-state index contributed by atoms with van der Waals surface area (Å²) >= 11 is 2.98. The molecule has 1 aromatic rings. The number of carboxylic acids is 1. The molecule has 0 bridgehead atoms. The molecular weight excluding hydrogens is 323 g/mol. The van der Waals surface area contributed by atoms with Crippen LogP contribution in [0.1, 0.15) is 5.69 Å². The Morgan fingerprint density at radius 1 is 1.56 bits per heavy atom. The van der Waals surface area contributed by atoms with Crippen LogP contribution in [0.25, 0.3) is 0 Å². The Bertz CT molecular complexity index is 460. The van der Waals surface area contributed by atoms with Crippen molar-refractivity contribution in [2.45, 2.75) is 18.6 Å². The Morgan fingerprint density at radius 2 is 2.17 bits per heavy atom. The summed E-state index contributed by atoms with van der Waals surface area (Å²) in [6, 6.07) is -1.70. The highest BCUT2D eigenvalue weighted by Crippen LogP contribution is 2.16. The highest BCUT2D eigenvalue weighted by molar-refractivity contribution is 9.10. The summed E-state index contributed by atoms with van der Waals surface area (Å²) < 4.78 is 36.3. The maximum atomic E-state index is 12.0. The number of carbonyl (C=O) groups is 2. The molecular formula is C8H7BrF3N3O3. The van der Waals surface area contributed by atoms with E-state index in [1.807, 2.05) is 0 Å². The predicted molar refractivity (Wildman–Crippen MR) is 55.6 cm³/mol. The van der Waals surface area contributed by atoms with Crippen LogP contribution in [-0.4, -0.2) is 39.2 Å². The van der Waals surface area contributed by atoms with Crippen molar-refractivity contribution in [3.63, 3.8) is 0 Å². The minimum Gasteiger partial charge on any atom is -0.480 e. The van der Waals surface area contributed by atoms with E-state index in [9.17, 15) is 22.8 Å². The lowest BCUT2D eigenvalue weighted by Gasteiger charge is -2.15. The molecule has 18 heavy (non-hydrogen) atoms. The number of alkyl halides is 3. The molecule has 10 heteroatoms. The number of rotatable bonds is 4. The van der Waals surface area contributed by atoms with Crippen molar-refractivity contribution in [2.75, 3.05) is 0 Å². The summed E-state index contributed by atoms with van der Waals surface area (Å²) in [7, 11) is 0. The van der Waals surface area contributed by atoms with Crippen LogP contribution in [0.15, 0.2) is 10.9 Å². The lowest BCUT2D eigenvalue weighted by atomic mass is 10.1. The van der Waals surface area contributed by atoms with E-state index in [1.54, 1.807) is 0 Å². The van der Waals surface area contributed by atoms with E-state index < -0.39 is 24.1 Å². The molecule has 1 unspecified atom stereocenters. The Morgan fingerprint density at radius 3 is 2.56 bits per heavy atom. The second kappa shape index (κ2) is 5.38. The summed E-state index contributed by atoms with van der Waals surface area (Å²) in [6.07, 6.45) is -4.24. The minimum atomic E-state index is -5.13. The zero-order valence-corrected chi connectivity index (χ0v) is 10.2. The number of carbonyl (C=O) groups excluding carboxylic acids is 1. The SMILES string of the molecule is O=C(O)C(Cc1[nH]cnc1Br)NC(=O)C(F)(F)F. The quantitative estimate of drug-likeness (QED) is 0.763. The van der Waals surface area contributed by atoms with Crippen molar-refractivity contribution in [1.82, 2.24) is 15.3 Å². The van der Waals surface area contributed by atoms with Crippen LogP contribution in [0.4, 0.5) is 13.2 Å². The molecule has 0 radical (unpaired) electrons. The maximum absolute atomic E-state index is 12.0. The number of nitrogens with one attached hydrogen (secondary N) is 2. The second-order valence-electron chi connectivity index (χ2n) is 3.24. The Kier molecular flexibility index (Phi) is 4.33. The first-order chi connectivity index (χ1) is 8.21. The summed E-state index contributed by atoms with van der Waals surface area (Å²) in [4.78, 5) is 27.7. The number of amides is 1. The number of H-pyrrole nitrogens is 1. The van der Waals surface area contributed by atoms with Crippen molar-refractivity contribution >= 4 is 27.8 Å². The number of halogens is 4. The number of nitrogens with zero attached hydrogens (tertiary/aromatic N) is 1. The van der Waals surface area contributed by atoms with Crippen molar-refractivity contribution in [1.29, 1.82) is 0 Å². The van der Waals surface area contributed by atoms with Gasteiger partial charge in [0, 0.05) is 6.42 Å². The van der Waals surface area contributed by atoms with Crippen LogP contribution in [0.5, 0.6) is 0 Å². The number of aromatic amines is 1. The molecule has 0 saturated carbocycles. The molecule has 1 atom stereocenters. The fraction of sp³-hybridized carbons (Fsp3) is 0.375. The Hall–Kier alpha value is -1.58. The van der Waals surface area contributed by atoms with Gasteiger partial charge in [0.1, 0.15) is 10.6 Å². The van der Waals surface area contributed by atoms with Gasteiger partial charge in [0.25, 0.3) is 0 Å². The molecule has 3 N–H and O–H groups in total. The molecule has 1 rings (SSSR count). The Labute approximate surface area is 107 Å². The zero-order chi connectivity index (χ0) is 13.9. The van der Waals surface area contributed by atoms with Gasteiger partial charge in [0.15, 0.2) is 0 Å². The van der Waals surface area contributed by atoms with Gasteiger partial charge in [-0.3, -0.25) is 4.79 Å². The van der Waals surface area contributed by atoms with Crippen LogP contribution in [0.2, 0.25) is 0 Å². The molecule has 1 amide bonds. The minimum absolute atomic E-state index is 0.268. The number of imidazole rings is 1. The van der Waals surface area contributed by atoms with Crippen molar-refractivity contribution in [2.24, 2.45) is 0 Å². The first-order valence-electron chi connectivity index (χ1n) is 4.50. The van der Waals surface area contributed by atoms with Gasteiger partial charge in [-0.25, -0.2) is 9.78 Å². The van der Waals surface area contributed by atoms with Gasteiger partial charge < -0.3 is 15.4 Å². The van der Waals surface area contributed by atoms with Crippen molar-refractivity contribution in [3.05, 3.63) is 16.6 Å². The van der Waals surface area contributed by atoms with Crippen molar-refractivity contribution in [3.8, 4) is 0 Å². The van der Waals surface area contributed by atoms with E-state index in [0.717, 1.165) is 0 Å². The van der Waals surface area contributed by atoms with Gasteiger partial charge in [0.05, 0.1) is 12.0 Å². The molecule has 1 aromatic heterocycles. The number of aromatic nitrogens is 2. The molecule has 0 aliphatic carbocycles. The van der Waals surface area contributed by atoms with E-state index in [4.69, 9.17) is 5.11 Å². The molecule has 0 fully saturated rings. The average Bonchev–Trinajstić information content (AvgIpc) is 2.61. The zero-order valence-electron chi connectivity index (χ0n) is 8.58. The number of hydrogen-bond donors (Lipinski definition) is 3. The Balaban J connectivity index is 2.76. The van der Waals surface area contributed by atoms with Gasteiger partial charge in [-0.1, -0.05) is 0 Å². The highest BCUT2D eigenvalue weighted by Gasteiger charge is 2.41. The maximum Gasteiger partial charge on any atom is 0.471 e. The monoisotopic (exact) mass is 329 g/mol. The predicted octanol–water partition coefficient (Wildman–Crippen LogP) is 0.846. The van der Waals surface area contributed by atoms with E-state index in [2.05, 4.69) is 25.9 Å². The smallest absolute Gasteiger partial charge is 0.471 e. The van der Waals surface area contributed by atoms with E-state index >= 15 is 0 Å². The lowest BCUT2D eigenvalue weighted by Crippen LogP contribution is -2.48. The molecule has 0 spiro atoms. The topological polar surface area (TPSA) is 95.1 Å². The molecule has 0 aliphatic rings. The fourth-order valence-electron chi connectivity index (χ4n) is 1.09. The van der Waals surface area contributed by atoms with Gasteiger partial charge >= 0.3 is 18.1 Å². The molecule has 100 valence electrons. The molecule has 0 saturated heterocycles. The third-order valence-electron chi connectivity index (χ3n) is 1.93. The van der Waals surface area contributed by atoms with E-state index in [0.29, 0.717) is 0 Å². The number of carboxylic acid groups (broad SMARTS) is 1. The summed E-state index contributed by atoms with van der Waals surface area (Å²) in [5.41, 5.74) is 0.268. The van der Waals surface area contributed by atoms with Crippen LogP contribution in [0, 0.1) is 0 Å². The first kappa shape index (κ1) is 14.5. The van der Waals surface area contributed by atoms with Gasteiger partial charge in [-0.2, -0.15) is 13.2 Å². The average molecular weight is 330 g/mol. The van der Waals surface area contributed by atoms with Crippen LogP contribution >= 0.6 is 15.9 Å². The normalized spacial score (nSPS) is 13.1. The number of aliphatic carboxylic acids is 1. The molecule has 0 aliphatic heterocycles. The van der Waals surface area contributed by atoms with Gasteiger partial charge in [-0.15, -0.1) is 0 Å². The summed E-state index contributed by atoms with van der Waals surface area (Å²) in [5.74, 6) is -3.88. The lowest BCUT2D eigenvalue weighted by molar-refractivity contribution is -0.175. The largest absolute Gasteiger partial charge is 0.480 e. The van der Waals surface area contributed by atoms with Crippen LogP contribution < -0.4 is 5.32 Å². The van der Waals surface area contributed by atoms with E-state index in [1.165, 1.54) is 11.6 Å². The van der Waals surface area contributed by atoms with E-state index in [-0.39, 0.29) is 16.7 Å². The highest BCUT2D eigenvalue weighted by atomic mass is 79.9. The van der Waals surface area contributed by atoms with Crippen LogP contribution in [-0.2, 0) is 16.0 Å². The fourth-order valence-corrected chi connectivity index (χ4v) is 1.47. The molecule has 0 aromatic carbocycles. The first-order valence-corrected chi connectivity index (χ1v) is 5.29. The number of hydrogen-bond acceptors (Lipinski definition) is 3. The standard InChI is InChI=1S/C8H7BrF3N3O3/c9-5-3(13-2-14-5)1-4(6(16)17)15-7(18)8(10,11)12/h2,4H,1H2,(H,13,14)(H,15,18)(H,16,17). The molecule has 1 heterocycles. The summed E-state index contributed by atoms with van der Waals surface area (Å²) in [5, 5.41) is 10.1. The second-order valence-corrected chi connectivity index (χ2v) is 3.99.